The number of aromatic hydroxyl groups is 1. The number of hydrogen-bond acceptors (Lipinski definition) is 3. The van der Waals surface area contributed by atoms with Crippen LogP contribution < -0.4 is 10.1 Å². The van der Waals surface area contributed by atoms with Gasteiger partial charge in [-0.05, 0) is 47.8 Å². The first-order chi connectivity index (χ1) is 8.13. The van der Waals surface area contributed by atoms with E-state index in [4.69, 9.17) is 4.74 Å². The van der Waals surface area contributed by atoms with E-state index in [1.165, 1.54) is 7.11 Å². The Hall–Kier alpha value is -0.810. The molecule has 5 heteroatoms. The van der Waals surface area contributed by atoms with Crippen LogP contribution in [0.25, 0.3) is 0 Å². The maximum absolute atomic E-state index is 13.8. The molecule has 1 aliphatic heterocycles. The third-order valence-electron chi connectivity index (χ3n) is 3.06. The Morgan fingerprint density at radius 3 is 3.00 bits per heavy atom. The molecule has 0 saturated carbocycles. The molecule has 3 nitrogen and oxygen atoms in total. The van der Waals surface area contributed by atoms with Crippen molar-refractivity contribution in [2.24, 2.45) is 0 Å². The van der Waals surface area contributed by atoms with Gasteiger partial charge in [-0.2, -0.15) is 4.39 Å². The predicted octanol–water partition coefficient (Wildman–Crippen LogP) is 2.60. The third-order valence-corrected chi connectivity index (χ3v) is 3.66. The van der Waals surface area contributed by atoms with Crippen LogP contribution in [0.2, 0.25) is 0 Å². The second-order valence-corrected chi connectivity index (χ2v) is 5.07. The van der Waals surface area contributed by atoms with Crippen LogP contribution >= 0.6 is 15.9 Å². The lowest BCUT2D eigenvalue weighted by atomic mass is 10.0. The summed E-state index contributed by atoms with van der Waals surface area (Å²) < 4.78 is 19.2. The van der Waals surface area contributed by atoms with Gasteiger partial charge in [-0.15, -0.1) is 0 Å². The van der Waals surface area contributed by atoms with Crippen molar-refractivity contribution in [3.05, 3.63) is 21.9 Å². The lowest BCUT2D eigenvalue weighted by molar-refractivity contribution is 0.357. The molecule has 2 N–H and O–H groups in total. The Morgan fingerprint density at radius 1 is 1.65 bits per heavy atom. The van der Waals surface area contributed by atoms with Gasteiger partial charge in [0.2, 0.25) is 5.82 Å². The fourth-order valence-electron chi connectivity index (χ4n) is 2.21. The van der Waals surface area contributed by atoms with E-state index >= 15 is 0 Å². The summed E-state index contributed by atoms with van der Waals surface area (Å²) in [6, 6.07) is 2.08. The first-order valence-electron chi connectivity index (χ1n) is 5.60. The lowest BCUT2D eigenvalue weighted by Gasteiger charge is -2.15. The SMILES string of the molecule is COc1c(CC2CCCN2)cc(Br)c(O)c1F. The Morgan fingerprint density at radius 2 is 2.41 bits per heavy atom. The number of hydrogen-bond donors (Lipinski definition) is 2. The molecule has 1 saturated heterocycles. The fraction of sp³-hybridized carbons (Fsp3) is 0.500. The largest absolute Gasteiger partial charge is 0.504 e. The topological polar surface area (TPSA) is 41.5 Å². The molecular weight excluding hydrogens is 289 g/mol. The van der Waals surface area contributed by atoms with Gasteiger partial charge in [0.15, 0.2) is 11.5 Å². The van der Waals surface area contributed by atoms with Gasteiger partial charge >= 0.3 is 0 Å². The van der Waals surface area contributed by atoms with Crippen LogP contribution in [0.4, 0.5) is 4.39 Å². The monoisotopic (exact) mass is 303 g/mol. The quantitative estimate of drug-likeness (QED) is 0.902. The highest BCUT2D eigenvalue weighted by Crippen LogP contribution is 2.37. The number of nitrogens with one attached hydrogen (secondary N) is 1. The summed E-state index contributed by atoms with van der Waals surface area (Å²) in [6.07, 6.45) is 2.94. The molecule has 94 valence electrons. The smallest absolute Gasteiger partial charge is 0.208 e. The Kier molecular flexibility index (Phi) is 3.89. The highest BCUT2D eigenvalue weighted by atomic mass is 79.9. The zero-order valence-electron chi connectivity index (χ0n) is 9.59. The summed E-state index contributed by atoms with van der Waals surface area (Å²) >= 11 is 3.14. The molecule has 0 aromatic heterocycles. The predicted molar refractivity (Wildman–Crippen MR) is 67.0 cm³/mol. The summed E-state index contributed by atoms with van der Waals surface area (Å²) in [4.78, 5) is 0. The molecule has 1 heterocycles. The van der Waals surface area contributed by atoms with Gasteiger partial charge in [-0.3, -0.25) is 0 Å². The van der Waals surface area contributed by atoms with E-state index in [-0.39, 0.29) is 5.75 Å². The van der Waals surface area contributed by atoms with E-state index in [9.17, 15) is 9.50 Å². The third kappa shape index (κ3) is 2.55. The van der Waals surface area contributed by atoms with Gasteiger partial charge in [0, 0.05) is 11.6 Å². The number of halogens is 2. The number of methoxy groups -OCH3 is 1. The van der Waals surface area contributed by atoms with E-state index in [0.29, 0.717) is 16.9 Å². The van der Waals surface area contributed by atoms with Crippen molar-refractivity contribution in [3.8, 4) is 11.5 Å². The second kappa shape index (κ2) is 5.23. The Balaban J connectivity index is 2.31. The summed E-state index contributed by atoms with van der Waals surface area (Å²) in [5.74, 6) is -0.959. The first kappa shape index (κ1) is 12.6. The van der Waals surface area contributed by atoms with E-state index in [1.807, 2.05) is 0 Å². The minimum Gasteiger partial charge on any atom is -0.504 e. The molecule has 0 aliphatic carbocycles. The number of rotatable bonds is 3. The fourth-order valence-corrected chi connectivity index (χ4v) is 2.66. The number of ether oxygens (including phenoxy) is 1. The molecule has 1 unspecified atom stereocenters. The van der Waals surface area contributed by atoms with Crippen LogP contribution in [-0.4, -0.2) is 24.8 Å². The summed E-state index contributed by atoms with van der Waals surface area (Å²) in [5, 5.41) is 12.8. The van der Waals surface area contributed by atoms with E-state index in [1.54, 1.807) is 6.07 Å². The van der Waals surface area contributed by atoms with Gasteiger partial charge in [0.25, 0.3) is 0 Å². The van der Waals surface area contributed by atoms with Crippen molar-refractivity contribution in [1.82, 2.24) is 5.32 Å². The molecule has 17 heavy (non-hydrogen) atoms. The highest BCUT2D eigenvalue weighted by Gasteiger charge is 2.21. The molecule has 1 aromatic rings. The van der Waals surface area contributed by atoms with E-state index in [0.717, 1.165) is 24.9 Å². The Labute approximate surface area is 108 Å². The summed E-state index contributed by atoms with van der Waals surface area (Å²) in [6.45, 7) is 1.01. The van der Waals surface area contributed by atoms with Crippen LogP contribution in [0.1, 0.15) is 18.4 Å². The van der Waals surface area contributed by atoms with Crippen LogP contribution in [0.5, 0.6) is 11.5 Å². The van der Waals surface area contributed by atoms with Crippen molar-refractivity contribution in [2.45, 2.75) is 25.3 Å². The molecule has 0 amide bonds. The van der Waals surface area contributed by atoms with Crippen LogP contribution in [0.15, 0.2) is 10.5 Å². The second-order valence-electron chi connectivity index (χ2n) is 4.21. The number of phenols is 1. The average Bonchev–Trinajstić information content (AvgIpc) is 2.79. The minimum absolute atomic E-state index is 0.138. The van der Waals surface area contributed by atoms with Gasteiger partial charge < -0.3 is 15.2 Å². The average molecular weight is 304 g/mol. The van der Waals surface area contributed by atoms with Gasteiger partial charge in [-0.1, -0.05) is 0 Å². The van der Waals surface area contributed by atoms with Crippen molar-refractivity contribution in [3.63, 3.8) is 0 Å². The maximum Gasteiger partial charge on any atom is 0.208 e. The van der Waals surface area contributed by atoms with E-state index in [2.05, 4.69) is 21.2 Å². The van der Waals surface area contributed by atoms with Crippen LogP contribution in [0.3, 0.4) is 0 Å². The van der Waals surface area contributed by atoms with Gasteiger partial charge in [0.1, 0.15) is 0 Å². The molecule has 1 atom stereocenters. The molecule has 1 aromatic carbocycles. The standard InChI is InChI=1S/C12H15BrFNO2/c1-17-12-7(5-8-3-2-4-15-8)6-9(13)11(16)10(12)14/h6,8,15-16H,2-5H2,1H3. The van der Waals surface area contributed by atoms with Gasteiger partial charge in [0.05, 0.1) is 11.6 Å². The molecule has 2 rings (SSSR count). The van der Waals surface area contributed by atoms with Crippen LogP contribution in [-0.2, 0) is 6.42 Å². The molecule has 1 fully saturated rings. The molecule has 0 bridgehead atoms. The van der Waals surface area contributed by atoms with E-state index < -0.39 is 11.6 Å². The lowest BCUT2D eigenvalue weighted by Crippen LogP contribution is -2.24. The summed E-state index contributed by atoms with van der Waals surface area (Å²) in [7, 11) is 1.41. The molecular formula is C12H15BrFNO2. The zero-order chi connectivity index (χ0) is 12.4. The Bertz CT molecular complexity index is 419. The normalized spacial score (nSPS) is 19.6. The van der Waals surface area contributed by atoms with Crippen molar-refractivity contribution in [2.75, 3.05) is 13.7 Å². The van der Waals surface area contributed by atoms with Crippen molar-refractivity contribution in [1.29, 1.82) is 0 Å². The van der Waals surface area contributed by atoms with Gasteiger partial charge in [-0.25, -0.2) is 0 Å². The summed E-state index contributed by atoms with van der Waals surface area (Å²) in [5.41, 5.74) is 0.772. The zero-order valence-corrected chi connectivity index (χ0v) is 11.2. The van der Waals surface area contributed by atoms with Crippen molar-refractivity contribution >= 4 is 15.9 Å². The molecule has 0 radical (unpaired) electrons. The van der Waals surface area contributed by atoms with Crippen molar-refractivity contribution < 1.29 is 14.2 Å². The highest BCUT2D eigenvalue weighted by molar-refractivity contribution is 9.10. The molecule has 1 aliphatic rings. The minimum atomic E-state index is -0.699. The maximum atomic E-state index is 13.8. The van der Waals surface area contributed by atoms with Crippen LogP contribution in [0, 0.1) is 5.82 Å². The first-order valence-corrected chi connectivity index (χ1v) is 6.40. The number of benzene rings is 1. The number of phenolic OH excluding ortho intramolecular Hbond substituents is 1. The molecule has 0 spiro atoms.